The lowest BCUT2D eigenvalue weighted by Crippen LogP contribution is -2.06. The van der Waals surface area contributed by atoms with Crippen LogP contribution in [0.15, 0.2) is 47.3 Å². The molecule has 3 rings (SSSR count). The molecule has 0 aliphatic carbocycles. The van der Waals surface area contributed by atoms with Gasteiger partial charge >= 0.3 is 0 Å². The van der Waals surface area contributed by atoms with Gasteiger partial charge in [0.1, 0.15) is 0 Å². The fourth-order valence-electron chi connectivity index (χ4n) is 2.35. The molecule has 5 nitrogen and oxygen atoms in total. The first-order valence-electron chi connectivity index (χ1n) is 7.03. The van der Waals surface area contributed by atoms with Gasteiger partial charge in [0.15, 0.2) is 0 Å². The Morgan fingerprint density at radius 3 is 2.95 bits per heavy atom. The van der Waals surface area contributed by atoms with Crippen LogP contribution < -0.4 is 5.32 Å². The van der Waals surface area contributed by atoms with Crippen molar-refractivity contribution in [2.24, 2.45) is 0 Å². The van der Waals surface area contributed by atoms with Crippen molar-refractivity contribution in [3.8, 4) is 11.5 Å². The molecule has 0 bridgehead atoms. The van der Waals surface area contributed by atoms with Gasteiger partial charge in [-0.3, -0.25) is 0 Å². The Hall–Kier alpha value is -2.56. The topological polar surface area (TPSA) is 55.9 Å². The maximum atomic E-state index is 5.25. The normalized spacial score (nSPS) is 10.8. The number of aromatic nitrogens is 3. The monoisotopic (exact) mass is 282 g/mol. The molecule has 1 N–H and O–H groups in total. The van der Waals surface area contributed by atoms with E-state index < -0.39 is 0 Å². The standard InChI is InChI=1S/C16H18N4O/c1-3-20-8-4-5-14(20)10-17-15-9-13(7-6-12(15)2)16-19-18-11-21-16/h4-9,11,17H,3,10H2,1-2H3. The quantitative estimate of drug-likeness (QED) is 0.778. The largest absolute Gasteiger partial charge is 0.423 e. The molecular formula is C16H18N4O. The molecule has 0 aliphatic rings. The van der Waals surface area contributed by atoms with Crippen LogP contribution in [0.25, 0.3) is 11.5 Å². The summed E-state index contributed by atoms with van der Waals surface area (Å²) < 4.78 is 7.47. The van der Waals surface area contributed by atoms with Crippen molar-refractivity contribution in [2.45, 2.75) is 26.9 Å². The lowest BCUT2D eigenvalue weighted by atomic mass is 10.1. The van der Waals surface area contributed by atoms with E-state index in [4.69, 9.17) is 4.42 Å². The number of rotatable bonds is 5. The molecule has 0 radical (unpaired) electrons. The van der Waals surface area contributed by atoms with Crippen molar-refractivity contribution < 1.29 is 4.42 Å². The fourth-order valence-corrected chi connectivity index (χ4v) is 2.35. The molecule has 0 spiro atoms. The van der Waals surface area contributed by atoms with Crippen molar-refractivity contribution in [1.82, 2.24) is 14.8 Å². The molecule has 0 saturated carbocycles. The number of hydrogen-bond acceptors (Lipinski definition) is 4. The van der Waals surface area contributed by atoms with E-state index in [1.807, 2.05) is 12.1 Å². The van der Waals surface area contributed by atoms with Gasteiger partial charge in [0.05, 0.1) is 6.54 Å². The van der Waals surface area contributed by atoms with E-state index in [1.54, 1.807) is 0 Å². The minimum Gasteiger partial charge on any atom is -0.423 e. The number of aryl methyl sites for hydroxylation is 2. The van der Waals surface area contributed by atoms with Crippen molar-refractivity contribution in [1.29, 1.82) is 0 Å². The van der Waals surface area contributed by atoms with E-state index >= 15 is 0 Å². The zero-order valence-electron chi connectivity index (χ0n) is 12.2. The van der Waals surface area contributed by atoms with E-state index in [-0.39, 0.29) is 0 Å². The molecule has 0 amide bonds. The summed E-state index contributed by atoms with van der Waals surface area (Å²) in [4.78, 5) is 0. The average molecular weight is 282 g/mol. The summed E-state index contributed by atoms with van der Waals surface area (Å²) in [6.45, 7) is 5.99. The third kappa shape index (κ3) is 2.81. The Morgan fingerprint density at radius 1 is 1.29 bits per heavy atom. The van der Waals surface area contributed by atoms with Crippen molar-refractivity contribution in [3.63, 3.8) is 0 Å². The molecule has 1 aromatic carbocycles. The first-order chi connectivity index (χ1) is 10.3. The predicted molar refractivity (Wildman–Crippen MR) is 81.9 cm³/mol. The minimum atomic E-state index is 0.537. The average Bonchev–Trinajstić information content (AvgIpc) is 3.17. The van der Waals surface area contributed by atoms with Gasteiger partial charge in [-0.1, -0.05) is 6.07 Å². The maximum Gasteiger partial charge on any atom is 0.247 e. The maximum absolute atomic E-state index is 5.25. The number of nitrogens with zero attached hydrogens (tertiary/aromatic N) is 3. The summed E-state index contributed by atoms with van der Waals surface area (Å²) in [5, 5.41) is 11.1. The third-order valence-electron chi connectivity index (χ3n) is 3.57. The number of benzene rings is 1. The van der Waals surface area contributed by atoms with Crippen LogP contribution in [-0.4, -0.2) is 14.8 Å². The first kappa shape index (κ1) is 13.4. The van der Waals surface area contributed by atoms with E-state index in [2.05, 4.69) is 58.3 Å². The Morgan fingerprint density at radius 2 is 2.19 bits per heavy atom. The summed E-state index contributed by atoms with van der Waals surface area (Å²) >= 11 is 0. The SMILES string of the molecule is CCn1cccc1CNc1cc(-c2nnco2)ccc1C. The van der Waals surface area contributed by atoms with Crippen LogP contribution in [0.3, 0.4) is 0 Å². The summed E-state index contributed by atoms with van der Waals surface area (Å²) in [6.07, 6.45) is 3.44. The van der Waals surface area contributed by atoms with Gasteiger partial charge in [0, 0.05) is 29.7 Å². The highest BCUT2D eigenvalue weighted by atomic mass is 16.4. The molecule has 0 fully saturated rings. The molecule has 108 valence electrons. The lowest BCUT2D eigenvalue weighted by Gasteiger charge is -2.12. The third-order valence-corrected chi connectivity index (χ3v) is 3.57. The Labute approximate surface area is 123 Å². The van der Waals surface area contributed by atoms with Gasteiger partial charge < -0.3 is 14.3 Å². The van der Waals surface area contributed by atoms with E-state index in [1.165, 1.54) is 17.7 Å². The molecule has 2 aromatic heterocycles. The highest BCUT2D eigenvalue weighted by molar-refractivity contribution is 5.64. The summed E-state index contributed by atoms with van der Waals surface area (Å²) in [5.74, 6) is 0.537. The molecule has 2 heterocycles. The van der Waals surface area contributed by atoms with Crippen LogP contribution in [0.2, 0.25) is 0 Å². The van der Waals surface area contributed by atoms with Crippen molar-refractivity contribution in [3.05, 3.63) is 54.2 Å². The Kier molecular flexibility index (Phi) is 3.73. The highest BCUT2D eigenvalue weighted by Crippen LogP contribution is 2.24. The molecule has 0 atom stereocenters. The van der Waals surface area contributed by atoms with Gasteiger partial charge in [0.2, 0.25) is 12.3 Å². The summed E-state index contributed by atoms with van der Waals surface area (Å²) in [5.41, 5.74) is 4.45. The minimum absolute atomic E-state index is 0.537. The Balaban J connectivity index is 1.80. The molecule has 21 heavy (non-hydrogen) atoms. The first-order valence-corrected chi connectivity index (χ1v) is 7.03. The zero-order valence-corrected chi connectivity index (χ0v) is 12.2. The number of anilines is 1. The molecular weight excluding hydrogens is 264 g/mol. The van der Waals surface area contributed by atoms with Crippen LogP contribution in [0.4, 0.5) is 5.69 Å². The highest BCUT2D eigenvalue weighted by Gasteiger charge is 2.07. The molecule has 3 aromatic rings. The molecule has 0 saturated heterocycles. The van der Waals surface area contributed by atoms with Gasteiger partial charge in [-0.05, 0) is 43.7 Å². The van der Waals surface area contributed by atoms with Gasteiger partial charge in [-0.2, -0.15) is 0 Å². The van der Waals surface area contributed by atoms with E-state index in [0.717, 1.165) is 24.3 Å². The van der Waals surface area contributed by atoms with Crippen LogP contribution in [-0.2, 0) is 13.1 Å². The van der Waals surface area contributed by atoms with Gasteiger partial charge in [-0.25, -0.2) is 0 Å². The fraction of sp³-hybridized carbons (Fsp3) is 0.250. The smallest absolute Gasteiger partial charge is 0.247 e. The van der Waals surface area contributed by atoms with Crippen LogP contribution in [0.5, 0.6) is 0 Å². The summed E-state index contributed by atoms with van der Waals surface area (Å²) in [7, 11) is 0. The molecule has 0 aliphatic heterocycles. The van der Waals surface area contributed by atoms with Gasteiger partial charge in [0.25, 0.3) is 0 Å². The van der Waals surface area contributed by atoms with E-state index in [0.29, 0.717) is 5.89 Å². The lowest BCUT2D eigenvalue weighted by molar-refractivity contribution is 0.568. The zero-order chi connectivity index (χ0) is 14.7. The molecule has 5 heteroatoms. The predicted octanol–water partition coefficient (Wildman–Crippen LogP) is 3.48. The van der Waals surface area contributed by atoms with E-state index in [9.17, 15) is 0 Å². The number of hydrogen-bond donors (Lipinski definition) is 1. The van der Waals surface area contributed by atoms with Gasteiger partial charge in [-0.15, -0.1) is 10.2 Å². The van der Waals surface area contributed by atoms with Crippen molar-refractivity contribution in [2.75, 3.05) is 5.32 Å². The second-order valence-corrected chi connectivity index (χ2v) is 4.91. The van der Waals surface area contributed by atoms with Crippen molar-refractivity contribution >= 4 is 5.69 Å². The van der Waals surface area contributed by atoms with Crippen LogP contribution in [0, 0.1) is 6.92 Å². The number of nitrogens with one attached hydrogen (secondary N) is 1. The summed E-state index contributed by atoms with van der Waals surface area (Å²) in [6, 6.07) is 10.3. The second-order valence-electron chi connectivity index (χ2n) is 4.91. The van der Waals surface area contributed by atoms with Crippen LogP contribution in [0.1, 0.15) is 18.2 Å². The Bertz CT molecular complexity index is 716. The molecule has 0 unspecified atom stereocenters. The second kappa shape index (κ2) is 5.83. The van der Waals surface area contributed by atoms with Crippen LogP contribution >= 0.6 is 0 Å².